The van der Waals surface area contributed by atoms with Crippen LogP contribution in [-0.4, -0.2) is 10.0 Å². The number of nitrogens with zero attached hydrogens (tertiary/aromatic N) is 3. The van der Waals surface area contributed by atoms with Crippen molar-refractivity contribution in [3.63, 3.8) is 0 Å². The molecule has 2 heterocycles. The molecule has 1 aliphatic heterocycles. The Hall–Kier alpha value is -2.83. The van der Waals surface area contributed by atoms with Crippen molar-refractivity contribution in [3.05, 3.63) is 52.7 Å². The highest BCUT2D eigenvalue weighted by Gasteiger charge is 2.37. The standard InChI is InChI=1S/C16H11N5S/c17-7-11-14(12(8-18)16(20)22-15(11)19)10-5-6-21-13-4-2-1-3-9(10)13/h1-6,11,14,19H,20H2/t11-,14+/m0/s1. The average Bonchev–Trinajstić information content (AvgIpc) is 2.54. The third-order valence-corrected chi connectivity index (χ3v) is 4.60. The van der Waals surface area contributed by atoms with Gasteiger partial charge in [0.15, 0.2) is 0 Å². The van der Waals surface area contributed by atoms with Crippen LogP contribution in [0.1, 0.15) is 11.5 Å². The number of benzene rings is 1. The third-order valence-electron chi connectivity index (χ3n) is 3.69. The normalized spacial score (nSPS) is 21.5. The fraction of sp³-hybridized carbons (Fsp3) is 0.125. The van der Waals surface area contributed by atoms with E-state index in [9.17, 15) is 10.5 Å². The second-order valence-corrected chi connectivity index (χ2v) is 5.94. The lowest BCUT2D eigenvalue weighted by molar-refractivity contribution is 0.734. The number of pyridine rings is 1. The fourth-order valence-corrected chi connectivity index (χ4v) is 3.53. The minimum absolute atomic E-state index is 0.171. The molecule has 0 unspecified atom stereocenters. The van der Waals surface area contributed by atoms with E-state index in [4.69, 9.17) is 11.1 Å². The lowest BCUT2D eigenvalue weighted by Gasteiger charge is -2.28. The first-order valence-corrected chi connectivity index (χ1v) is 7.38. The number of nitrogens with one attached hydrogen (secondary N) is 1. The minimum atomic E-state index is -0.710. The molecule has 0 amide bonds. The molecule has 1 aliphatic rings. The van der Waals surface area contributed by atoms with E-state index in [0.717, 1.165) is 28.2 Å². The third kappa shape index (κ3) is 2.11. The number of allylic oxidation sites excluding steroid dienone is 1. The molecule has 22 heavy (non-hydrogen) atoms. The Morgan fingerprint density at radius 2 is 2.00 bits per heavy atom. The second kappa shape index (κ2) is 5.51. The van der Waals surface area contributed by atoms with E-state index in [-0.39, 0.29) is 5.04 Å². The first kappa shape index (κ1) is 14.1. The van der Waals surface area contributed by atoms with Crippen molar-refractivity contribution >= 4 is 27.7 Å². The molecule has 0 bridgehead atoms. The van der Waals surface area contributed by atoms with Crippen molar-refractivity contribution in [3.8, 4) is 12.1 Å². The van der Waals surface area contributed by atoms with Crippen LogP contribution in [0.5, 0.6) is 0 Å². The zero-order valence-electron chi connectivity index (χ0n) is 11.4. The summed E-state index contributed by atoms with van der Waals surface area (Å²) in [6, 6.07) is 13.6. The molecular weight excluding hydrogens is 294 g/mol. The van der Waals surface area contributed by atoms with E-state index in [0.29, 0.717) is 10.6 Å². The zero-order valence-corrected chi connectivity index (χ0v) is 12.3. The van der Waals surface area contributed by atoms with Crippen molar-refractivity contribution in [1.29, 1.82) is 15.9 Å². The van der Waals surface area contributed by atoms with Crippen LogP contribution >= 0.6 is 11.8 Å². The molecule has 0 saturated carbocycles. The molecule has 3 rings (SSSR count). The molecule has 1 aromatic carbocycles. The van der Waals surface area contributed by atoms with Crippen molar-refractivity contribution < 1.29 is 0 Å². The van der Waals surface area contributed by atoms with Gasteiger partial charge in [0, 0.05) is 17.5 Å². The predicted octanol–water partition coefficient (Wildman–Crippen LogP) is 2.88. The Kier molecular flexibility index (Phi) is 3.54. The fourth-order valence-electron chi connectivity index (χ4n) is 2.69. The van der Waals surface area contributed by atoms with E-state index in [1.807, 2.05) is 24.3 Å². The smallest absolute Gasteiger partial charge is 0.106 e. The first-order chi connectivity index (χ1) is 10.7. The number of hydrogen-bond acceptors (Lipinski definition) is 6. The van der Waals surface area contributed by atoms with Gasteiger partial charge in [-0.25, -0.2) is 0 Å². The Morgan fingerprint density at radius 1 is 1.23 bits per heavy atom. The molecule has 1 aromatic heterocycles. The molecule has 0 fully saturated rings. The Bertz CT molecular complexity index is 882. The number of nitriles is 2. The zero-order chi connectivity index (χ0) is 15.7. The highest BCUT2D eigenvalue weighted by molar-refractivity contribution is 8.17. The lowest BCUT2D eigenvalue weighted by atomic mass is 9.80. The van der Waals surface area contributed by atoms with Gasteiger partial charge in [-0.2, -0.15) is 10.5 Å². The summed E-state index contributed by atoms with van der Waals surface area (Å²) >= 11 is 0.991. The van der Waals surface area contributed by atoms with Gasteiger partial charge in [-0.1, -0.05) is 30.0 Å². The summed E-state index contributed by atoms with van der Waals surface area (Å²) in [5, 5.41) is 28.3. The van der Waals surface area contributed by atoms with E-state index < -0.39 is 11.8 Å². The summed E-state index contributed by atoms with van der Waals surface area (Å²) in [4.78, 5) is 4.30. The van der Waals surface area contributed by atoms with Crippen molar-refractivity contribution in [1.82, 2.24) is 4.98 Å². The van der Waals surface area contributed by atoms with Gasteiger partial charge in [0.1, 0.15) is 5.92 Å². The summed E-state index contributed by atoms with van der Waals surface area (Å²) in [5.41, 5.74) is 7.87. The number of nitrogens with two attached hydrogens (primary N) is 1. The summed E-state index contributed by atoms with van der Waals surface area (Å²) < 4.78 is 0. The molecule has 2 atom stereocenters. The number of rotatable bonds is 1. The molecule has 6 heteroatoms. The van der Waals surface area contributed by atoms with E-state index in [1.165, 1.54) is 0 Å². The van der Waals surface area contributed by atoms with E-state index in [1.54, 1.807) is 12.3 Å². The molecule has 0 radical (unpaired) electrons. The van der Waals surface area contributed by atoms with E-state index in [2.05, 4.69) is 17.1 Å². The van der Waals surface area contributed by atoms with Crippen LogP contribution in [0.4, 0.5) is 0 Å². The summed E-state index contributed by atoms with van der Waals surface area (Å²) in [7, 11) is 0. The molecule has 0 spiro atoms. The van der Waals surface area contributed by atoms with Gasteiger partial charge in [0.25, 0.3) is 0 Å². The molecule has 2 aromatic rings. The summed E-state index contributed by atoms with van der Waals surface area (Å²) in [6.07, 6.45) is 1.66. The second-order valence-electron chi connectivity index (χ2n) is 4.86. The van der Waals surface area contributed by atoms with Crippen LogP contribution < -0.4 is 5.73 Å². The van der Waals surface area contributed by atoms with Crippen molar-refractivity contribution in [2.75, 3.05) is 0 Å². The number of hydrogen-bond donors (Lipinski definition) is 2. The van der Waals surface area contributed by atoms with Crippen LogP contribution in [0.25, 0.3) is 10.9 Å². The first-order valence-electron chi connectivity index (χ1n) is 6.56. The maximum Gasteiger partial charge on any atom is 0.106 e. The number of fused-ring (bicyclic) bond motifs is 1. The molecule has 106 valence electrons. The minimum Gasteiger partial charge on any atom is -0.392 e. The van der Waals surface area contributed by atoms with Gasteiger partial charge < -0.3 is 5.73 Å². The SMILES string of the molecule is N#CC1=C(N)SC(=N)[C@@H](C#N)[C@H]1c1ccnc2ccccc12. The number of aromatic nitrogens is 1. The topological polar surface area (TPSA) is 110 Å². The van der Waals surface area contributed by atoms with Gasteiger partial charge in [-0.05, 0) is 17.7 Å². The van der Waals surface area contributed by atoms with Crippen molar-refractivity contribution in [2.24, 2.45) is 11.7 Å². The average molecular weight is 305 g/mol. The van der Waals surface area contributed by atoms with Crippen LogP contribution in [0.3, 0.4) is 0 Å². The van der Waals surface area contributed by atoms with Crippen LogP contribution in [0.2, 0.25) is 0 Å². The number of thioether (sulfide) groups is 1. The molecule has 5 nitrogen and oxygen atoms in total. The summed E-state index contributed by atoms with van der Waals surface area (Å²) in [6.45, 7) is 0. The van der Waals surface area contributed by atoms with Gasteiger partial charge in [0.2, 0.25) is 0 Å². The monoisotopic (exact) mass is 305 g/mol. The predicted molar refractivity (Wildman–Crippen MR) is 85.7 cm³/mol. The highest BCUT2D eigenvalue weighted by atomic mass is 32.2. The highest BCUT2D eigenvalue weighted by Crippen LogP contribution is 2.44. The van der Waals surface area contributed by atoms with Crippen molar-refractivity contribution in [2.45, 2.75) is 5.92 Å². The van der Waals surface area contributed by atoms with Crippen LogP contribution in [0.15, 0.2) is 47.1 Å². The van der Waals surface area contributed by atoms with Gasteiger partial charge in [-0.15, -0.1) is 0 Å². The Morgan fingerprint density at radius 3 is 2.73 bits per heavy atom. The number of para-hydroxylation sites is 1. The molecular formula is C16H11N5S. The molecule has 0 saturated heterocycles. The van der Waals surface area contributed by atoms with Crippen LogP contribution in [-0.2, 0) is 0 Å². The Balaban J connectivity index is 2.31. The largest absolute Gasteiger partial charge is 0.392 e. The maximum absolute atomic E-state index is 9.47. The van der Waals surface area contributed by atoms with Gasteiger partial charge >= 0.3 is 0 Å². The quantitative estimate of drug-likeness (QED) is 0.841. The summed E-state index contributed by atoms with van der Waals surface area (Å²) in [5.74, 6) is -1.24. The van der Waals surface area contributed by atoms with Gasteiger partial charge in [0.05, 0.1) is 33.3 Å². The van der Waals surface area contributed by atoms with Gasteiger partial charge in [-0.3, -0.25) is 10.4 Å². The van der Waals surface area contributed by atoms with Crippen LogP contribution in [0, 0.1) is 34.0 Å². The Labute approximate surface area is 131 Å². The van der Waals surface area contributed by atoms with E-state index >= 15 is 0 Å². The lowest BCUT2D eigenvalue weighted by Crippen LogP contribution is -2.27. The molecule has 0 aliphatic carbocycles. The molecule has 3 N–H and O–H groups in total. The maximum atomic E-state index is 9.47.